The van der Waals surface area contributed by atoms with Crippen LogP contribution in [0.3, 0.4) is 0 Å². The van der Waals surface area contributed by atoms with Gasteiger partial charge >= 0.3 is 5.97 Å². The Bertz CT molecular complexity index is 1190. The molecule has 1 aromatic heterocycles. The molecule has 2 aromatic rings. The lowest BCUT2D eigenvalue weighted by atomic mass is 9.58. The van der Waals surface area contributed by atoms with Gasteiger partial charge in [0.1, 0.15) is 17.1 Å². The van der Waals surface area contributed by atoms with Gasteiger partial charge in [-0.25, -0.2) is 4.79 Å². The fraction of sp³-hybridized carbons (Fsp3) is 0.480. The maximum atomic E-state index is 13.1. The van der Waals surface area contributed by atoms with Crippen LogP contribution in [0.4, 0.5) is 0 Å². The lowest BCUT2D eigenvalue weighted by Gasteiger charge is -2.44. The molecule has 32 heavy (non-hydrogen) atoms. The number of aromatic carboxylic acids is 1. The van der Waals surface area contributed by atoms with Crippen molar-refractivity contribution in [2.75, 3.05) is 20.2 Å². The van der Waals surface area contributed by atoms with Crippen LogP contribution >= 0.6 is 0 Å². The van der Waals surface area contributed by atoms with Gasteiger partial charge in [0.15, 0.2) is 5.43 Å². The van der Waals surface area contributed by atoms with Crippen molar-refractivity contribution in [3.8, 4) is 17.0 Å². The number of rotatable bonds is 4. The zero-order valence-corrected chi connectivity index (χ0v) is 18.6. The Kier molecular flexibility index (Phi) is 4.78. The quantitative estimate of drug-likeness (QED) is 0.765. The zero-order valence-electron chi connectivity index (χ0n) is 18.6. The summed E-state index contributed by atoms with van der Waals surface area (Å²) in [4.78, 5) is 37.2. The van der Waals surface area contributed by atoms with Crippen LogP contribution in [-0.2, 0) is 11.2 Å². The maximum Gasteiger partial charge on any atom is 0.341 e. The summed E-state index contributed by atoms with van der Waals surface area (Å²) in [7, 11) is 1.60. The summed E-state index contributed by atoms with van der Waals surface area (Å²) in [5.74, 6) is -0.210. The fourth-order valence-corrected chi connectivity index (χ4v) is 5.78. The van der Waals surface area contributed by atoms with Crippen molar-refractivity contribution in [2.45, 2.75) is 45.1 Å². The number of carbonyl (C=O) groups is 2. The molecular formula is C25H28N2O5. The molecule has 1 saturated heterocycles. The molecule has 2 N–H and O–H groups in total. The van der Waals surface area contributed by atoms with Crippen LogP contribution in [0.2, 0.25) is 0 Å². The van der Waals surface area contributed by atoms with Gasteiger partial charge in [0.05, 0.1) is 12.8 Å². The van der Waals surface area contributed by atoms with Gasteiger partial charge in [0.25, 0.3) is 0 Å². The summed E-state index contributed by atoms with van der Waals surface area (Å²) < 4.78 is 7.62. The largest absolute Gasteiger partial charge is 0.496 e. The second-order valence-corrected chi connectivity index (χ2v) is 9.74. The Morgan fingerprint density at radius 1 is 1.28 bits per heavy atom. The molecule has 168 valence electrons. The molecule has 0 radical (unpaired) electrons. The molecule has 0 bridgehead atoms. The van der Waals surface area contributed by atoms with Gasteiger partial charge in [-0.15, -0.1) is 0 Å². The molecule has 1 aromatic carbocycles. The van der Waals surface area contributed by atoms with E-state index in [9.17, 15) is 19.5 Å². The SMILES string of the molecule is COc1cc2c(cc1C1CC3(CCNC3)C1=O)CC(C(C)C)n1cc(C(=O)O)c(=O)cc1-2. The summed E-state index contributed by atoms with van der Waals surface area (Å²) >= 11 is 0. The zero-order chi connectivity index (χ0) is 22.8. The number of nitrogens with zero attached hydrogens (tertiary/aromatic N) is 1. The molecule has 2 aliphatic heterocycles. The van der Waals surface area contributed by atoms with Crippen LogP contribution in [0.1, 0.15) is 60.1 Å². The standard InChI is InChI=1S/C25H28N2O5/c1-13(2)19-7-14-6-16(17-10-25(23(17)29)4-5-26-12-25)22(32-3)8-15(14)20-9-21(28)18(24(30)31)11-27(19)20/h6,8-9,11,13,17,19,26H,4-5,7,10,12H2,1-3H3,(H,30,31). The number of carboxylic acid groups (broad SMARTS) is 1. The van der Waals surface area contributed by atoms with Gasteiger partial charge in [-0.3, -0.25) is 9.59 Å². The summed E-state index contributed by atoms with van der Waals surface area (Å²) in [6.45, 7) is 5.83. The van der Waals surface area contributed by atoms with E-state index in [-0.39, 0.29) is 28.9 Å². The normalized spacial score (nSPS) is 26.1. The van der Waals surface area contributed by atoms with Crippen molar-refractivity contribution in [1.29, 1.82) is 0 Å². The fourth-order valence-electron chi connectivity index (χ4n) is 5.78. The third-order valence-electron chi connectivity index (χ3n) is 7.65. The molecule has 3 heterocycles. The van der Waals surface area contributed by atoms with E-state index in [4.69, 9.17) is 4.74 Å². The number of methoxy groups -OCH3 is 1. The van der Waals surface area contributed by atoms with Gasteiger partial charge in [-0.05, 0) is 43.4 Å². The number of nitrogens with one attached hydrogen (secondary N) is 1. The Morgan fingerprint density at radius 2 is 2.06 bits per heavy atom. The number of aromatic nitrogens is 1. The monoisotopic (exact) mass is 436 g/mol. The molecular weight excluding hydrogens is 408 g/mol. The first-order valence-corrected chi connectivity index (χ1v) is 11.2. The minimum absolute atomic E-state index is 0.0138. The van der Waals surface area contributed by atoms with Crippen LogP contribution < -0.4 is 15.5 Å². The molecule has 5 rings (SSSR count). The predicted molar refractivity (Wildman–Crippen MR) is 120 cm³/mol. The topological polar surface area (TPSA) is 97.6 Å². The predicted octanol–water partition coefficient (Wildman–Crippen LogP) is 3.01. The Balaban J connectivity index is 1.63. The van der Waals surface area contributed by atoms with Gasteiger partial charge in [-0.1, -0.05) is 19.9 Å². The number of fused-ring (bicyclic) bond motifs is 3. The highest BCUT2D eigenvalue weighted by atomic mass is 16.5. The highest BCUT2D eigenvalue weighted by molar-refractivity contribution is 5.98. The third-order valence-corrected chi connectivity index (χ3v) is 7.65. The molecule has 3 atom stereocenters. The molecule has 3 unspecified atom stereocenters. The minimum Gasteiger partial charge on any atom is -0.496 e. The van der Waals surface area contributed by atoms with Crippen molar-refractivity contribution in [1.82, 2.24) is 9.88 Å². The van der Waals surface area contributed by atoms with Crippen molar-refractivity contribution in [3.63, 3.8) is 0 Å². The average molecular weight is 437 g/mol. The van der Waals surface area contributed by atoms with Gasteiger partial charge < -0.3 is 19.7 Å². The van der Waals surface area contributed by atoms with Gasteiger partial charge in [0, 0.05) is 47.3 Å². The highest BCUT2D eigenvalue weighted by Crippen LogP contribution is 2.54. The van der Waals surface area contributed by atoms with Crippen molar-refractivity contribution in [3.05, 3.63) is 51.3 Å². The minimum atomic E-state index is -1.22. The number of Topliss-reactive ketones (excluding diaryl/α,β-unsaturated/α-hetero) is 1. The van der Waals surface area contributed by atoms with E-state index in [1.165, 1.54) is 12.3 Å². The van der Waals surface area contributed by atoms with E-state index in [2.05, 4.69) is 25.2 Å². The first-order valence-electron chi connectivity index (χ1n) is 11.2. The number of ketones is 1. The van der Waals surface area contributed by atoms with E-state index in [0.717, 1.165) is 42.6 Å². The molecule has 1 aliphatic carbocycles. The van der Waals surface area contributed by atoms with Crippen molar-refractivity contribution in [2.24, 2.45) is 11.3 Å². The van der Waals surface area contributed by atoms with E-state index in [1.54, 1.807) is 7.11 Å². The van der Waals surface area contributed by atoms with Gasteiger partial charge in [-0.2, -0.15) is 0 Å². The summed E-state index contributed by atoms with van der Waals surface area (Å²) in [5, 5.41) is 12.8. The molecule has 0 amide bonds. The number of hydrogen-bond acceptors (Lipinski definition) is 5. The average Bonchev–Trinajstić information content (AvgIpc) is 3.27. The van der Waals surface area contributed by atoms with E-state index < -0.39 is 11.4 Å². The van der Waals surface area contributed by atoms with Crippen molar-refractivity contribution < 1.29 is 19.4 Å². The third kappa shape index (κ3) is 2.94. The summed E-state index contributed by atoms with van der Waals surface area (Å²) in [6.07, 6.45) is 3.90. The Hall–Kier alpha value is -2.93. The molecule has 1 spiro atoms. The van der Waals surface area contributed by atoms with Crippen LogP contribution in [0.5, 0.6) is 5.75 Å². The van der Waals surface area contributed by atoms with Crippen LogP contribution in [-0.4, -0.2) is 41.6 Å². The number of benzene rings is 1. The Labute approximate surface area is 186 Å². The van der Waals surface area contributed by atoms with E-state index in [0.29, 0.717) is 23.6 Å². The molecule has 1 saturated carbocycles. The smallest absolute Gasteiger partial charge is 0.341 e. The molecule has 7 nitrogen and oxygen atoms in total. The number of pyridine rings is 1. The Morgan fingerprint density at radius 3 is 2.66 bits per heavy atom. The van der Waals surface area contributed by atoms with Crippen molar-refractivity contribution >= 4 is 11.8 Å². The first kappa shape index (κ1) is 20.9. The van der Waals surface area contributed by atoms with E-state index in [1.807, 2.05) is 10.6 Å². The number of carbonyl (C=O) groups excluding carboxylic acids is 1. The van der Waals surface area contributed by atoms with Crippen LogP contribution in [0.25, 0.3) is 11.3 Å². The second-order valence-electron chi connectivity index (χ2n) is 9.74. The molecule has 7 heteroatoms. The second kappa shape index (κ2) is 7.30. The number of ether oxygens (including phenoxy) is 1. The number of hydrogen-bond donors (Lipinski definition) is 2. The van der Waals surface area contributed by atoms with Gasteiger partial charge in [0.2, 0.25) is 0 Å². The molecule has 2 fully saturated rings. The lowest BCUT2D eigenvalue weighted by molar-refractivity contribution is -0.139. The summed E-state index contributed by atoms with van der Waals surface area (Å²) in [5.41, 5.74) is 2.60. The lowest BCUT2D eigenvalue weighted by Crippen LogP contribution is -2.48. The molecule has 3 aliphatic rings. The van der Waals surface area contributed by atoms with Crippen LogP contribution in [0, 0.1) is 11.3 Å². The summed E-state index contributed by atoms with van der Waals surface area (Å²) in [6, 6.07) is 5.43. The highest BCUT2D eigenvalue weighted by Gasteiger charge is 2.55. The van der Waals surface area contributed by atoms with E-state index >= 15 is 0 Å². The van der Waals surface area contributed by atoms with Crippen LogP contribution in [0.15, 0.2) is 29.2 Å². The number of carboxylic acids is 1. The maximum absolute atomic E-state index is 13.1. The first-order chi connectivity index (χ1) is 15.3.